The summed E-state index contributed by atoms with van der Waals surface area (Å²) in [4.78, 5) is 14.8. The van der Waals surface area contributed by atoms with Gasteiger partial charge >= 0.3 is 0 Å². The minimum atomic E-state index is 0.178. The summed E-state index contributed by atoms with van der Waals surface area (Å²) >= 11 is 0. The molecule has 0 atom stereocenters. The monoisotopic (exact) mass is 541 g/mol. The molecular weight excluding hydrogens is 510 g/mol. The van der Waals surface area contributed by atoms with Gasteiger partial charge in [-0.25, -0.2) is 15.0 Å². The van der Waals surface area contributed by atoms with Gasteiger partial charge in [0.2, 0.25) is 0 Å². The van der Waals surface area contributed by atoms with Gasteiger partial charge in [-0.2, -0.15) is 0 Å². The van der Waals surface area contributed by atoms with Crippen LogP contribution in [0.3, 0.4) is 0 Å². The fourth-order valence-corrected chi connectivity index (χ4v) is 7.11. The van der Waals surface area contributed by atoms with Gasteiger partial charge in [0.1, 0.15) is 0 Å². The molecule has 0 saturated heterocycles. The van der Waals surface area contributed by atoms with E-state index in [0.29, 0.717) is 17.5 Å². The molecule has 1 saturated carbocycles. The maximum Gasteiger partial charge on any atom is 0.164 e. The molecule has 1 aromatic heterocycles. The minimum absolute atomic E-state index is 0.178. The van der Waals surface area contributed by atoms with Crippen molar-refractivity contribution >= 4 is 0 Å². The van der Waals surface area contributed by atoms with Crippen LogP contribution in [-0.4, -0.2) is 15.0 Å². The number of hydrogen-bond acceptors (Lipinski definition) is 3. The molecule has 42 heavy (non-hydrogen) atoms. The first kappa shape index (κ1) is 24.9. The number of rotatable bonds is 4. The quantitative estimate of drug-likeness (QED) is 0.223. The van der Waals surface area contributed by atoms with Gasteiger partial charge in [-0.1, -0.05) is 135 Å². The molecule has 1 heterocycles. The highest BCUT2D eigenvalue weighted by atomic mass is 15.0. The van der Waals surface area contributed by atoms with E-state index in [0.717, 1.165) is 16.7 Å². The molecule has 1 spiro atoms. The van der Waals surface area contributed by atoms with Crippen molar-refractivity contribution in [3.05, 3.63) is 139 Å². The van der Waals surface area contributed by atoms with E-state index < -0.39 is 0 Å². The third-order valence-corrected chi connectivity index (χ3v) is 9.13. The van der Waals surface area contributed by atoms with Crippen LogP contribution >= 0.6 is 0 Å². The summed E-state index contributed by atoms with van der Waals surface area (Å²) in [6, 6.07) is 45.1. The molecule has 2 aliphatic rings. The fraction of sp³-hybridized carbons (Fsp3) is 0.154. The van der Waals surface area contributed by atoms with Gasteiger partial charge in [0, 0.05) is 22.1 Å². The van der Waals surface area contributed by atoms with Gasteiger partial charge in [0.15, 0.2) is 17.5 Å². The molecule has 0 aliphatic heterocycles. The molecule has 8 rings (SSSR count). The Morgan fingerprint density at radius 3 is 1.60 bits per heavy atom. The zero-order chi connectivity index (χ0) is 27.9. The standard InChI is InChI=1S/C39H31N3/c1-4-13-27(14-5-1)36-40-37(28-15-6-2-7-16-28)42-38(41-36)31-18-12-17-29(25-31)30-21-22-35-33(26-30)32-19-8-9-20-34(32)39(35)23-10-3-11-24-39/h1-2,4-9,12-22,25-26H,3,10-11,23-24H2. The molecule has 202 valence electrons. The molecule has 5 aromatic carbocycles. The smallest absolute Gasteiger partial charge is 0.164 e. The summed E-state index contributed by atoms with van der Waals surface area (Å²) < 4.78 is 0. The van der Waals surface area contributed by atoms with Crippen molar-refractivity contribution in [1.29, 1.82) is 0 Å². The predicted molar refractivity (Wildman–Crippen MR) is 171 cm³/mol. The van der Waals surface area contributed by atoms with Crippen LogP contribution in [0.25, 0.3) is 56.4 Å². The van der Waals surface area contributed by atoms with Crippen molar-refractivity contribution in [1.82, 2.24) is 15.0 Å². The molecule has 3 heteroatoms. The summed E-state index contributed by atoms with van der Waals surface area (Å²) in [6.07, 6.45) is 6.45. The molecule has 0 unspecified atom stereocenters. The molecule has 0 amide bonds. The van der Waals surface area contributed by atoms with E-state index in [1.807, 2.05) is 60.7 Å². The molecule has 6 aromatic rings. The van der Waals surface area contributed by atoms with Crippen molar-refractivity contribution in [2.24, 2.45) is 0 Å². The van der Waals surface area contributed by atoms with Gasteiger partial charge in [-0.3, -0.25) is 0 Å². The van der Waals surface area contributed by atoms with E-state index in [9.17, 15) is 0 Å². The summed E-state index contributed by atoms with van der Waals surface area (Å²) in [7, 11) is 0. The molecule has 1 fully saturated rings. The van der Waals surface area contributed by atoms with Gasteiger partial charge in [-0.15, -0.1) is 0 Å². The lowest BCUT2D eigenvalue weighted by Crippen LogP contribution is -2.27. The van der Waals surface area contributed by atoms with Crippen LogP contribution < -0.4 is 0 Å². The van der Waals surface area contributed by atoms with E-state index in [1.165, 1.54) is 65.5 Å². The highest BCUT2D eigenvalue weighted by molar-refractivity contribution is 5.85. The second kappa shape index (κ2) is 10.2. The molecule has 2 aliphatic carbocycles. The third kappa shape index (κ3) is 4.16. The Morgan fingerprint density at radius 1 is 0.381 bits per heavy atom. The number of nitrogens with zero attached hydrogens (tertiary/aromatic N) is 3. The highest BCUT2D eigenvalue weighted by Gasteiger charge is 2.43. The topological polar surface area (TPSA) is 38.7 Å². The molecule has 0 N–H and O–H groups in total. The van der Waals surface area contributed by atoms with Crippen LogP contribution in [0.2, 0.25) is 0 Å². The molecule has 0 radical (unpaired) electrons. The van der Waals surface area contributed by atoms with Crippen molar-refractivity contribution < 1.29 is 0 Å². The fourth-order valence-electron chi connectivity index (χ4n) is 7.11. The Balaban J connectivity index is 1.23. The first-order valence-corrected chi connectivity index (χ1v) is 15.0. The normalized spacial score (nSPS) is 14.9. The maximum atomic E-state index is 4.96. The summed E-state index contributed by atoms with van der Waals surface area (Å²) in [5.74, 6) is 2.03. The lowest BCUT2D eigenvalue weighted by molar-refractivity contribution is 0.353. The Labute approximate surface area is 247 Å². The number of benzene rings is 5. The molecular formula is C39H31N3. The molecule has 3 nitrogen and oxygen atoms in total. The number of aromatic nitrogens is 3. The van der Waals surface area contributed by atoms with Crippen molar-refractivity contribution in [2.75, 3.05) is 0 Å². The van der Waals surface area contributed by atoms with Crippen LogP contribution in [0, 0.1) is 0 Å². The lowest BCUT2D eigenvalue weighted by Gasteiger charge is -2.36. The van der Waals surface area contributed by atoms with Crippen LogP contribution in [0.5, 0.6) is 0 Å². The Hall–Kier alpha value is -4.89. The number of hydrogen-bond donors (Lipinski definition) is 0. The largest absolute Gasteiger partial charge is 0.208 e. The summed E-state index contributed by atoms with van der Waals surface area (Å²) in [5, 5.41) is 0. The van der Waals surface area contributed by atoms with E-state index >= 15 is 0 Å². The summed E-state index contributed by atoms with van der Waals surface area (Å²) in [6.45, 7) is 0. The van der Waals surface area contributed by atoms with Crippen LogP contribution in [0.1, 0.15) is 43.2 Å². The van der Waals surface area contributed by atoms with Crippen LogP contribution in [-0.2, 0) is 5.41 Å². The van der Waals surface area contributed by atoms with Gasteiger partial charge < -0.3 is 0 Å². The van der Waals surface area contributed by atoms with Gasteiger partial charge in [0.05, 0.1) is 0 Å². The molecule has 0 bridgehead atoms. The minimum Gasteiger partial charge on any atom is -0.208 e. The van der Waals surface area contributed by atoms with E-state index in [1.54, 1.807) is 0 Å². The van der Waals surface area contributed by atoms with Crippen molar-refractivity contribution in [3.63, 3.8) is 0 Å². The summed E-state index contributed by atoms with van der Waals surface area (Å²) in [5.41, 5.74) is 11.3. The second-order valence-corrected chi connectivity index (χ2v) is 11.6. The zero-order valence-corrected chi connectivity index (χ0v) is 23.5. The van der Waals surface area contributed by atoms with E-state index in [-0.39, 0.29) is 5.41 Å². The first-order chi connectivity index (χ1) is 20.8. The third-order valence-electron chi connectivity index (χ3n) is 9.13. The maximum absolute atomic E-state index is 4.96. The van der Waals surface area contributed by atoms with E-state index in [4.69, 9.17) is 15.0 Å². The first-order valence-electron chi connectivity index (χ1n) is 15.0. The lowest BCUT2D eigenvalue weighted by atomic mass is 9.68. The second-order valence-electron chi connectivity index (χ2n) is 11.6. The van der Waals surface area contributed by atoms with Crippen LogP contribution in [0.15, 0.2) is 127 Å². The van der Waals surface area contributed by atoms with Crippen LogP contribution in [0.4, 0.5) is 0 Å². The Bertz CT molecular complexity index is 1850. The zero-order valence-electron chi connectivity index (χ0n) is 23.5. The van der Waals surface area contributed by atoms with Gasteiger partial charge in [-0.05, 0) is 58.4 Å². The van der Waals surface area contributed by atoms with E-state index in [2.05, 4.69) is 66.7 Å². The average molecular weight is 542 g/mol. The Kier molecular flexibility index (Phi) is 6.03. The number of fused-ring (bicyclic) bond motifs is 5. The van der Waals surface area contributed by atoms with Crippen molar-refractivity contribution in [2.45, 2.75) is 37.5 Å². The van der Waals surface area contributed by atoms with Crippen molar-refractivity contribution in [3.8, 4) is 56.4 Å². The Morgan fingerprint density at radius 2 is 0.905 bits per heavy atom. The highest BCUT2D eigenvalue weighted by Crippen LogP contribution is 2.56. The van der Waals surface area contributed by atoms with Gasteiger partial charge in [0.25, 0.3) is 0 Å². The SMILES string of the molecule is c1ccc(-c2nc(-c3ccccc3)nc(-c3cccc(-c4ccc5c(c4)-c4ccccc4C54CCCCC4)c3)n2)cc1. The average Bonchev–Trinajstić information content (AvgIpc) is 3.34. The predicted octanol–water partition coefficient (Wildman–Crippen LogP) is 9.77.